The number of aryl methyl sites for hydroxylation is 2. The fourth-order valence-corrected chi connectivity index (χ4v) is 3.14. The van der Waals surface area contributed by atoms with E-state index in [2.05, 4.69) is 5.32 Å². The molecule has 0 saturated heterocycles. The van der Waals surface area contributed by atoms with Gasteiger partial charge in [-0.2, -0.15) is 0 Å². The van der Waals surface area contributed by atoms with Crippen LogP contribution in [0.2, 0.25) is 0 Å². The number of nitrogens with one attached hydrogen (secondary N) is 1. The van der Waals surface area contributed by atoms with Crippen molar-refractivity contribution >= 4 is 11.8 Å². The van der Waals surface area contributed by atoms with Gasteiger partial charge in [0.15, 0.2) is 0 Å². The SMILES string of the molecule is CCCNC(=O)[C@@H](C)N(Cc1ccccc1C)C(=O)CCCOc1ccc(C)cc1. The van der Waals surface area contributed by atoms with E-state index in [0.29, 0.717) is 32.5 Å². The minimum atomic E-state index is -0.526. The topological polar surface area (TPSA) is 58.6 Å². The van der Waals surface area contributed by atoms with Crippen LogP contribution in [0.5, 0.6) is 5.75 Å². The van der Waals surface area contributed by atoms with Crippen LogP contribution < -0.4 is 10.1 Å². The molecule has 2 aromatic rings. The Hall–Kier alpha value is -2.82. The van der Waals surface area contributed by atoms with Gasteiger partial charge < -0.3 is 15.0 Å². The van der Waals surface area contributed by atoms with Crippen molar-refractivity contribution in [1.82, 2.24) is 10.2 Å². The van der Waals surface area contributed by atoms with E-state index in [4.69, 9.17) is 4.74 Å². The highest BCUT2D eigenvalue weighted by Crippen LogP contribution is 2.16. The van der Waals surface area contributed by atoms with E-state index >= 15 is 0 Å². The van der Waals surface area contributed by atoms with Crippen molar-refractivity contribution < 1.29 is 14.3 Å². The number of benzene rings is 2. The summed E-state index contributed by atoms with van der Waals surface area (Å²) in [6.07, 6.45) is 1.80. The third-order valence-corrected chi connectivity index (χ3v) is 5.14. The number of hydrogen-bond acceptors (Lipinski definition) is 3. The monoisotopic (exact) mass is 410 g/mol. The Labute approximate surface area is 180 Å². The molecule has 0 saturated carbocycles. The van der Waals surface area contributed by atoms with Gasteiger partial charge in [0.05, 0.1) is 6.61 Å². The van der Waals surface area contributed by atoms with Gasteiger partial charge in [-0.3, -0.25) is 9.59 Å². The van der Waals surface area contributed by atoms with E-state index in [0.717, 1.165) is 23.3 Å². The summed E-state index contributed by atoms with van der Waals surface area (Å²) in [5.74, 6) is 0.650. The molecule has 0 heterocycles. The van der Waals surface area contributed by atoms with Crippen LogP contribution in [0.3, 0.4) is 0 Å². The van der Waals surface area contributed by atoms with Crippen molar-refractivity contribution in [2.24, 2.45) is 0 Å². The van der Waals surface area contributed by atoms with Gasteiger partial charge in [-0.05, 0) is 56.9 Å². The molecular formula is C25H34N2O3. The Bertz CT molecular complexity index is 817. The third-order valence-electron chi connectivity index (χ3n) is 5.14. The highest BCUT2D eigenvalue weighted by atomic mass is 16.5. The predicted molar refractivity (Wildman–Crippen MR) is 120 cm³/mol. The van der Waals surface area contributed by atoms with E-state index < -0.39 is 6.04 Å². The van der Waals surface area contributed by atoms with Crippen molar-refractivity contribution in [3.8, 4) is 5.75 Å². The fraction of sp³-hybridized carbons (Fsp3) is 0.440. The van der Waals surface area contributed by atoms with Crippen LogP contribution >= 0.6 is 0 Å². The largest absolute Gasteiger partial charge is 0.494 e. The lowest BCUT2D eigenvalue weighted by atomic mass is 10.1. The van der Waals surface area contributed by atoms with Gasteiger partial charge in [0.25, 0.3) is 0 Å². The van der Waals surface area contributed by atoms with Crippen LogP contribution in [0.15, 0.2) is 48.5 Å². The highest BCUT2D eigenvalue weighted by molar-refractivity contribution is 5.87. The van der Waals surface area contributed by atoms with Crippen LogP contribution in [-0.4, -0.2) is 35.9 Å². The Morgan fingerprint density at radius 1 is 1.07 bits per heavy atom. The standard InChI is InChI=1S/C25H34N2O3/c1-5-16-26-25(29)21(4)27(18-22-10-7-6-9-20(22)3)24(28)11-8-17-30-23-14-12-19(2)13-15-23/h6-7,9-10,12-15,21H,5,8,11,16-18H2,1-4H3,(H,26,29)/t21-/m1/s1. The fourth-order valence-electron chi connectivity index (χ4n) is 3.14. The van der Waals surface area contributed by atoms with Crippen LogP contribution in [0.25, 0.3) is 0 Å². The smallest absolute Gasteiger partial charge is 0.242 e. The molecular weight excluding hydrogens is 376 g/mol. The van der Waals surface area contributed by atoms with Gasteiger partial charge in [-0.25, -0.2) is 0 Å². The first-order chi connectivity index (χ1) is 14.4. The first kappa shape index (κ1) is 23.5. The minimum absolute atomic E-state index is 0.0371. The van der Waals surface area contributed by atoms with Crippen molar-refractivity contribution in [3.63, 3.8) is 0 Å². The number of carbonyl (C=O) groups excluding carboxylic acids is 2. The summed E-state index contributed by atoms with van der Waals surface area (Å²) in [5.41, 5.74) is 3.34. The van der Waals surface area contributed by atoms with Crippen molar-refractivity contribution in [2.45, 2.75) is 59.5 Å². The molecule has 0 fully saturated rings. The molecule has 1 atom stereocenters. The van der Waals surface area contributed by atoms with E-state index in [1.54, 1.807) is 11.8 Å². The maximum absolute atomic E-state index is 13.0. The number of nitrogens with zero attached hydrogens (tertiary/aromatic N) is 1. The molecule has 0 bridgehead atoms. The zero-order chi connectivity index (χ0) is 21.9. The first-order valence-electron chi connectivity index (χ1n) is 10.7. The van der Waals surface area contributed by atoms with Gasteiger partial charge >= 0.3 is 0 Å². The summed E-state index contributed by atoms with van der Waals surface area (Å²) in [6, 6.07) is 15.3. The van der Waals surface area contributed by atoms with Gasteiger partial charge in [-0.1, -0.05) is 48.9 Å². The Balaban J connectivity index is 1.98. The molecule has 0 aliphatic heterocycles. The number of hydrogen-bond donors (Lipinski definition) is 1. The van der Waals surface area contributed by atoms with Gasteiger partial charge in [0.2, 0.25) is 11.8 Å². The first-order valence-corrected chi connectivity index (χ1v) is 10.7. The normalized spacial score (nSPS) is 11.6. The van der Waals surface area contributed by atoms with Crippen molar-refractivity contribution in [2.75, 3.05) is 13.2 Å². The van der Waals surface area contributed by atoms with E-state index in [-0.39, 0.29) is 11.8 Å². The van der Waals surface area contributed by atoms with Crippen LogP contribution in [0, 0.1) is 13.8 Å². The predicted octanol–water partition coefficient (Wildman–Crippen LogP) is 4.41. The van der Waals surface area contributed by atoms with Gasteiger partial charge in [0, 0.05) is 19.5 Å². The Kier molecular flexibility index (Phi) is 9.39. The average Bonchev–Trinajstić information content (AvgIpc) is 2.75. The average molecular weight is 411 g/mol. The molecule has 0 aromatic heterocycles. The summed E-state index contributed by atoms with van der Waals surface area (Å²) in [6.45, 7) is 9.35. The van der Waals surface area contributed by atoms with Gasteiger partial charge in [0.1, 0.15) is 11.8 Å². The van der Waals surface area contributed by atoms with E-state index in [9.17, 15) is 9.59 Å². The molecule has 2 rings (SSSR count). The van der Waals surface area contributed by atoms with Crippen LogP contribution in [0.1, 0.15) is 49.8 Å². The quantitative estimate of drug-likeness (QED) is 0.559. The molecule has 0 unspecified atom stereocenters. The zero-order valence-electron chi connectivity index (χ0n) is 18.6. The highest BCUT2D eigenvalue weighted by Gasteiger charge is 2.25. The van der Waals surface area contributed by atoms with Crippen molar-refractivity contribution in [3.05, 3.63) is 65.2 Å². The molecule has 2 aromatic carbocycles. The molecule has 0 radical (unpaired) electrons. The lowest BCUT2D eigenvalue weighted by Gasteiger charge is -2.29. The number of carbonyl (C=O) groups is 2. The second-order valence-corrected chi connectivity index (χ2v) is 7.68. The second-order valence-electron chi connectivity index (χ2n) is 7.68. The second kappa shape index (κ2) is 12.0. The Morgan fingerprint density at radius 2 is 1.77 bits per heavy atom. The van der Waals surface area contributed by atoms with Crippen molar-refractivity contribution in [1.29, 1.82) is 0 Å². The molecule has 0 aliphatic rings. The minimum Gasteiger partial charge on any atom is -0.494 e. The Morgan fingerprint density at radius 3 is 2.43 bits per heavy atom. The summed E-state index contributed by atoms with van der Waals surface area (Å²) in [4.78, 5) is 27.2. The number of amides is 2. The molecule has 0 aliphatic carbocycles. The molecule has 2 amide bonds. The maximum Gasteiger partial charge on any atom is 0.242 e. The molecule has 0 spiro atoms. The molecule has 1 N–H and O–H groups in total. The van der Waals surface area contributed by atoms with Crippen LogP contribution in [-0.2, 0) is 16.1 Å². The summed E-state index contributed by atoms with van der Waals surface area (Å²) < 4.78 is 5.74. The number of ether oxygens (including phenoxy) is 1. The van der Waals surface area contributed by atoms with E-state index in [1.807, 2.05) is 69.3 Å². The lowest BCUT2D eigenvalue weighted by molar-refractivity contribution is -0.140. The third kappa shape index (κ3) is 7.21. The molecule has 30 heavy (non-hydrogen) atoms. The summed E-state index contributed by atoms with van der Waals surface area (Å²) in [5, 5.41) is 2.90. The summed E-state index contributed by atoms with van der Waals surface area (Å²) in [7, 11) is 0. The summed E-state index contributed by atoms with van der Waals surface area (Å²) >= 11 is 0. The maximum atomic E-state index is 13.0. The van der Waals surface area contributed by atoms with E-state index in [1.165, 1.54) is 5.56 Å². The zero-order valence-corrected chi connectivity index (χ0v) is 18.6. The van der Waals surface area contributed by atoms with Crippen LogP contribution in [0.4, 0.5) is 0 Å². The van der Waals surface area contributed by atoms with Gasteiger partial charge in [-0.15, -0.1) is 0 Å². The lowest BCUT2D eigenvalue weighted by Crippen LogP contribution is -2.47. The molecule has 162 valence electrons. The molecule has 5 heteroatoms. The molecule has 5 nitrogen and oxygen atoms in total. The number of rotatable bonds is 11.